The van der Waals surface area contributed by atoms with Gasteiger partial charge in [0.25, 0.3) is 0 Å². The zero-order valence-electron chi connectivity index (χ0n) is 5.79. The zero-order valence-corrected chi connectivity index (χ0v) is 5.79. The third-order valence-electron chi connectivity index (χ3n) is 1.27. The molecule has 0 aliphatic rings. The number of carboxylic acids is 1. The molecule has 0 bridgehead atoms. The first-order valence-corrected chi connectivity index (χ1v) is 3.01. The van der Waals surface area contributed by atoms with E-state index in [0.717, 1.165) is 0 Å². The van der Waals surface area contributed by atoms with Crippen molar-refractivity contribution in [2.24, 2.45) is 11.7 Å². The largest absolute Gasteiger partial charge is 0.481 e. The van der Waals surface area contributed by atoms with Gasteiger partial charge in [-0.1, -0.05) is 13.8 Å². The van der Waals surface area contributed by atoms with Crippen molar-refractivity contribution in [3.05, 3.63) is 0 Å². The molecule has 3 N–H and O–H groups in total. The summed E-state index contributed by atoms with van der Waals surface area (Å²) in [5.41, 5.74) is 5.44. The summed E-state index contributed by atoms with van der Waals surface area (Å²) in [4.78, 5) is 10.0. The van der Waals surface area contributed by atoms with E-state index in [2.05, 4.69) is 0 Å². The van der Waals surface area contributed by atoms with E-state index in [1.807, 2.05) is 13.8 Å². The van der Waals surface area contributed by atoms with Crippen LogP contribution in [0, 0.1) is 5.92 Å². The predicted molar refractivity (Wildman–Crippen MR) is 35.1 cm³/mol. The van der Waals surface area contributed by atoms with Crippen LogP contribution in [-0.2, 0) is 4.79 Å². The molecule has 3 nitrogen and oxygen atoms in total. The number of rotatable bonds is 3. The Morgan fingerprint density at radius 1 is 1.67 bits per heavy atom. The van der Waals surface area contributed by atoms with Gasteiger partial charge in [0.15, 0.2) is 0 Å². The monoisotopic (exact) mass is 131 g/mol. The number of nitrogens with two attached hydrogens (primary N) is 1. The first-order chi connectivity index (χ1) is 4.04. The quantitative estimate of drug-likeness (QED) is 0.584. The number of hydrogen-bond acceptors (Lipinski definition) is 2. The highest BCUT2D eigenvalue weighted by Gasteiger charge is 2.10. The van der Waals surface area contributed by atoms with E-state index in [9.17, 15) is 4.79 Å². The van der Waals surface area contributed by atoms with Crippen LogP contribution in [0.4, 0.5) is 0 Å². The van der Waals surface area contributed by atoms with Crippen molar-refractivity contribution in [1.82, 2.24) is 0 Å². The van der Waals surface area contributed by atoms with E-state index >= 15 is 0 Å². The van der Waals surface area contributed by atoms with Crippen molar-refractivity contribution in [2.45, 2.75) is 26.3 Å². The summed E-state index contributed by atoms with van der Waals surface area (Å²) >= 11 is 0. The second kappa shape index (κ2) is 3.45. The standard InChI is InChI=1S/C6H13NO2/c1-4(2)5(7)3-6(8)9/h4-5H,3,7H2,1-2H3,(H,8,9)/t5-/m0/s1. The molecule has 9 heavy (non-hydrogen) atoms. The molecule has 0 saturated carbocycles. The highest BCUT2D eigenvalue weighted by molar-refractivity contribution is 5.67. The Kier molecular flexibility index (Phi) is 3.24. The van der Waals surface area contributed by atoms with Crippen molar-refractivity contribution in [1.29, 1.82) is 0 Å². The second-order valence-electron chi connectivity index (χ2n) is 2.51. The summed E-state index contributed by atoms with van der Waals surface area (Å²) in [5, 5.41) is 8.25. The van der Waals surface area contributed by atoms with Crippen LogP contribution in [0.15, 0.2) is 0 Å². The fourth-order valence-corrected chi connectivity index (χ4v) is 0.437. The van der Waals surface area contributed by atoms with Crippen molar-refractivity contribution in [3.8, 4) is 0 Å². The molecule has 0 aromatic rings. The maximum atomic E-state index is 10.0. The molecule has 0 radical (unpaired) electrons. The highest BCUT2D eigenvalue weighted by atomic mass is 16.4. The number of aliphatic carboxylic acids is 1. The molecular formula is C6H13NO2. The Hall–Kier alpha value is -0.570. The average molecular weight is 131 g/mol. The van der Waals surface area contributed by atoms with Gasteiger partial charge in [0, 0.05) is 6.04 Å². The number of carboxylic acid groups (broad SMARTS) is 1. The van der Waals surface area contributed by atoms with Crippen molar-refractivity contribution in [3.63, 3.8) is 0 Å². The van der Waals surface area contributed by atoms with Gasteiger partial charge in [-0.25, -0.2) is 0 Å². The molecule has 0 aliphatic heterocycles. The third-order valence-corrected chi connectivity index (χ3v) is 1.27. The van der Waals surface area contributed by atoms with Gasteiger partial charge >= 0.3 is 5.97 Å². The molecule has 1 atom stereocenters. The van der Waals surface area contributed by atoms with Gasteiger partial charge in [-0.05, 0) is 5.92 Å². The van der Waals surface area contributed by atoms with E-state index < -0.39 is 5.97 Å². The fraction of sp³-hybridized carbons (Fsp3) is 0.833. The molecule has 54 valence electrons. The lowest BCUT2D eigenvalue weighted by Gasteiger charge is -2.11. The lowest BCUT2D eigenvalue weighted by atomic mass is 10.0. The molecule has 0 spiro atoms. The van der Waals surface area contributed by atoms with Crippen LogP contribution in [0.2, 0.25) is 0 Å². The summed E-state index contributed by atoms with van der Waals surface area (Å²) < 4.78 is 0. The van der Waals surface area contributed by atoms with Crippen LogP contribution in [0.3, 0.4) is 0 Å². The minimum Gasteiger partial charge on any atom is -0.481 e. The molecule has 0 fully saturated rings. The zero-order chi connectivity index (χ0) is 7.44. The van der Waals surface area contributed by atoms with E-state index in [-0.39, 0.29) is 18.4 Å². The first kappa shape index (κ1) is 8.43. The normalized spacial score (nSPS) is 13.8. The second-order valence-corrected chi connectivity index (χ2v) is 2.51. The van der Waals surface area contributed by atoms with E-state index in [0.29, 0.717) is 0 Å². The van der Waals surface area contributed by atoms with Crippen LogP contribution >= 0.6 is 0 Å². The van der Waals surface area contributed by atoms with E-state index in [1.165, 1.54) is 0 Å². The average Bonchev–Trinajstić information content (AvgIpc) is 1.63. The van der Waals surface area contributed by atoms with Crippen molar-refractivity contribution < 1.29 is 9.90 Å². The molecule has 0 unspecified atom stereocenters. The first-order valence-electron chi connectivity index (χ1n) is 3.01. The van der Waals surface area contributed by atoms with Gasteiger partial charge in [-0.2, -0.15) is 0 Å². The smallest absolute Gasteiger partial charge is 0.304 e. The Morgan fingerprint density at radius 2 is 2.11 bits per heavy atom. The Balaban J connectivity index is 3.50. The summed E-state index contributed by atoms with van der Waals surface area (Å²) in [6, 6.07) is -0.206. The van der Waals surface area contributed by atoms with Crippen LogP contribution in [0.25, 0.3) is 0 Å². The van der Waals surface area contributed by atoms with Gasteiger partial charge < -0.3 is 10.8 Å². The molecule has 0 heterocycles. The Labute approximate surface area is 54.9 Å². The Bertz CT molecular complexity index is 101. The molecule has 0 aromatic heterocycles. The number of hydrogen-bond donors (Lipinski definition) is 2. The Morgan fingerprint density at radius 3 is 2.22 bits per heavy atom. The molecule has 0 aliphatic carbocycles. The van der Waals surface area contributed by atoms with Crippen LogP contribution in [0.5, 0.6) is 0 Å². The summed E-state index contributed by atoms with van der Waals surface area (Å²) in [6.45, 7) is 3.82. The summed E-state index contributed by atoms with van der Waals surface area (Å²) in [5.74, 6) is -0.572. The van der Waals surface area contributed by atoms with Gasteiger partial charge in [-0.15, -0.1) is 0 Å². The van der Waals surface area contributed by atoms with Crippen LogP contribution in [-0.4, -0.2) is 17.1 Å². The van der Waals surface area contributed by atoms with Gasteiger partial charge in [0.1, 0.15) is 0 Å². The summed E-state index contributed by atoms with van der Waals surface area (Å²) in [6.07, 6.45) is 0.0671. The molecule has 0 saturated heterocycles. The van der Waals surface area contributed by atoms with Crippen molar-refractivity contribution in [2.75, 3.05) is 0 Å². The van der Waals surface area contributed by atoms with E-state index in [4.69, 9.17) is 10.8 Å². The van der Waals surface area contributed by atoms with E-state index in [1.54, 1.807) is 0 Å². The lowest BCUT2D eigenvalue weighted by molar-refractivity contribution is -0.137. The van der Waals surface area contributed by atoms with Crippen LogP contribution in [0.1, 0.15) is 20.3 Å². The topological polar surface area (TPSA) is 63.3 Å². The SMILES string of the molecule is CC(C)[C@@H](N)CC(=O)O. The lowest BCUT2D eigenvalue weighted by Crippen LogP contribution is -2.28. The molecule has 0 rings (SSSR count). The number of carbonyl (C=O) groups is 1. The summed E-state index contributed by atoms with van der Waals surface area (Å²) in [7, 11) is 0. The maximum Gasteiger partial charge on any atom is 0.304 e. The molecule has 0 amide bonds. The minimum atomic E-state index is -0.823. The molecule has 3 heteroatoms. The van der Waals surface area contributed by atoms with Gasteiger partial charge in [0.05, 0.1) is 6.42 Å². The maximum absolute atomic E-state index is 10.0. The minimum absolute atomic E-state index is 0.0671. The molecular weight excluding hydrogens is 118 g/mol. The van der Waals surface area contributed by atoms with Crippen molar-refractivity contribution >= 4 is 5.97 Å². The fourth-order valence-electron chi connectivity index (χ4n) is 0.437. The van der Waals surface area contributed by atoms with Gasteiger partial charge in [0.2, 0.25) is 0 Å². The molecule has 0 aromatic carbocycles. The highest BCUT2D eigenvalue weighted by Crippen LogP contribution is 2.01. The van der Waals surface area contributed by atoms with Crippen LogP contribution < -0.4 is 5.73 Å². The third kappa shape index (κ3) is 3.97. The van der Waals surface area contributed by atoms with Gasteiger partial charge in [-0.3, -0.25) is 4.79 Å². The predicted octanol–water partition coefficient (Wildman–Crippen LogP) is 0.444.